The molecule has 122 valence electrons. The predicted octanol–water partition coefficient (Wildman–Crippen LogP) is 4.56. The van der Waals surface area contributed by atoms with Crippen LogP contribution >= 0.6 is 0 Å². The highest BCUT2D eigenvalue weighted by Crippen LogP contribution is 2.42. The maximum absolute atomic E-state index is 11.0. The Hall–Kier alpha value is -0.810. The van der Waals surface area contributed by atoms with Gasteiger partial charge >= 0.3 is 10.1 Å². The number of furan rings is 1. The fourth-order valence-electron chi connectivity index (χ4n) is 3.33. The Morgan fingerprint density at radius 1 is 1.19 bits per heavy atom. The third-order valence-corrected chi connectivity index (χ3v) is 4.65. The molecule has 1 rings (SSSR count). The van der Waals surface area contributed by atoms with Crippen molar-refractivity contribution >= 4 is 10.1 Å². The van der Waals surface area contributed by atoms with E-state index in [9.17, 15) is 8.42 Å². The Balaban J connectivity index is 2.90. The summed E-state index contributed by atoms with van der Waals surface area (Å²) in [6.45, 7) is 13.3. The molecule has 1 aromatic rings. The van der Waals surface area contributed by atoms with Gasteiger partial charge in [0.2, 0.25) is 5.09 Å². The Labute approximate surface area is 128 Å². The van der Waals surface area contributed by atoms with Gasteiger partial charge in [-0.3, -0.25) is 4.55 Å². The summed E-state index contributed by atoms with van der Waals surface area (Å²) in [5.74, 6) is 0.994. The summed E-state index contributed by atoms with van der Waals surface area (Å²) in [6, 6.07) is 2.95. The first kappa shape index (κ1) is 18.2. The first-order valence-electron chi connectivity index (χ1n) is 7.41. The van der Waals surface area contributed by atoms with Crippen LogP contribution in [-0.2, 0) is 16.5 Å². The minimum Gasteiger partial charge on any atom is -0.447 e. The van der Waals surface area contributed by atoms with E-state index in [1.165, 1.54) is 6.07 Å². The molecule has 1 heterocycles. The zero-order chi connectivity index (χ0) is 16.5. The van der Waals surface area contributed by atoms with Crippen molar-refractivity contribution in [2.45, 2.75) is 65.9 Å². The minimum atomic E-state index is -4.26. The highest BCUT2D eigenvalue weighted by molar-refractivity contribution is 7.85. The van der Waals surface area contributed by atoms with Gasteiger partial charge in [-0.15, -0.1) is 0 Å². The van der Waals surface area contributed by atoms with E-state index in [0.29, 0.717) is 18.1 Å². The van der Waals surface area contributed by atoms with Crippen molar-refractivity contribution in [2.24, 2.45) is 16.7 Å². The van der Waals surface area contributed by atoms with Crippen LogP contribution < -0.4 is 0 Å². The lowest BCUT2D eigenvalue weighted by Crippen LogP contribution is -2.30. The van der Waals surface area contributed by atoms with Gasteiger partial charge < -0.3 is 4.42 Å². The van der Waals surface area contributed by atoms with Crippen molar-refractivity contribution in [2.75, 3.05) is 0 Å². The highest BCUT2D eigenvalue weighted by atomic mass is 32.2. The molecule has 0 fully saturated rings. The van der Waals surface area contributed by atoms with Crippen LogP contribution in [0.15, 0.2) is 21.6 Å². The van der Waals surface area contributed by atoms with Gasteiger partial charge in [-0.2, -0.15) is 8.42 Å². The molecule has 21 heavy (non-hydrogen) atoms. The van der Waals surface area contributed by atoms with Crippen molar-refractivity contribution in [1.29, 1.82) is 0 Å². The average molecular weight is 316 g/mol. The molecule has 0 amide bonds. The lowest BCUT2D eigenvalue weighted by Gasteiger charge is -2.38. The van der Waals surface area contributed by atoms with Crippen LogP contribution in [0.4, 0.5) is 0 Å². The van der Waals surface area contributed by atoms with Crippen LogP contribution in [0.1, 0.15) is 60.1 Å². The van der Waals surface area contributed by atoms with Gasteiger partial charge in [0.25, 0.3) is 0 Å². The molecule has 5 heteroatoms. The number of hydrogen-bond acceptors (Lipinski definition) is 3. The Morgan fingerprint density at radius 2 is 1.76 bits per heavy atom. The van der Waals surface area contributed by atoms with Crippen LogP contribution in [-0.4, -0.2) is 13.0 Å². The Bertz CT molecular complexity index is 561. The van der Waals surface area contributed by atoms with E-state index < -0.39 is 10.1 Å². The SMILES string of the molecule is CCC(Cc1ccc(S(=O)(=O)O)o1)C(C)(C)CC(C)(C)C. The summed E-state index contributed by atoms with van der Waals surface area (Å²) in [5.41, 5.74) is 0.359. The van der Waals surface area contributed by atoms with E-state index in [-0.39, 0.29) is 15.9 Å². The number of hydrogen-bond donors (Lipinski definition) is 1. The lowest BCUT2D eigenvalue weighted by molar-refractivity contribution is 0.120. The van der Waals surface area contributed by atoms with Gasteiger partial charge in [-0.05, 0) is 35.3 Å². The zero-order valence-electron chi connectivity index (χ0n) is 13.9. The van der Waals surface area contributed by atoms with E-state index in [1.807, 2.05) is 0 Å². The third-order valence-electron chi connectivity index (χ3n) is 3.92. The Kier molecular flexibility index (Phi) is 5.32. The van der Waals surface area contributed by atoms with Crippen LogP contribution in [0.3, 0.4) is 0 Å². The standard InChI is InChI=1S/C16H28O4S/c1-7-12(16(5,6)11-15(2,3)4)10-13-8-9-14(20-13)21(17,18)19/h8-9,12H,7,10-11H2,1-6H3,(H,17,18,19). The molecule has 1 unspecified atom stereocenters. The molecule has 0 saturated carbocycles. The summed E-state index contributed by atoms with van der Waals surface area (Å²) in [4.78, 5) is 0. The van der Waals surface area contributed by atoms with E-state index in [1.54, 1.807) is 6.07 Å². The summed E-state index contributed by atoms with van der Waals surface area (Å²) in [6.07, 6.45) is 2.74. The van der Waals surface area contributed by atoms with E-state index >= 15 is 0 Å². The molecule has 1 aromatic heterocycles. The maximum atomic E-state index is 11.0. The molecule has 0 radical (unpaired) electrons. The molecule has 1 atom stereocenters. The van der Waals surface area contributed by atoms with Crippen LogP contribution in [0.2, 0.25) is 0 Å². The van der Waals surface area contributed by atoms with Crippen LogP contribution in [0.25, 0.3) is 0 Å². The molecule has 0 aromatic carbocycles. The second-order valence-electron chi connectivity index (χ2n) is 7.73. The fraction of sp³-hybridized carbons (Fsp3) is 0.750. The van der Waals surface area contributed by atoms with Gasteiger partial charge in [0, 0.05) is 6.42 Å². The van der Waals surface area contributed by atoms with Gasteiger partial charge in [-0.25, -0.2) is 0 Å². The summed E-state index contributed by atoms with van der Waals surface area (Å²) in [5, 5.41) is -0.374. The molecule has 0 saturated heterocycles. The smallest absolute Gasteiger partial charge is 0.328 e. The average Bonchev–Trinajstić information content (AvgIpc) is 2.69. The minimum absolute atomic E-state index is 0.123. The normalized spacial score (nSPS) is 15.2. The summed E-state index contributed by atoms with van der Waals surface area (Å²) < 4.78 is 36.3. The van der Waals surface area contributed by atoms with Crippen molar-refractivity contribution in [1.82, 2.24) is 0 Å². The van der Waals surface area contributed by atoms with Crippen molar-refractivity contribution in [3.63, 3.8) is 0 Å². The highest BCUT2D eigenvalue weighted by Gasteiger charge is 2.33. The lowest BCUT2D eigenvalue weighted by atomic mass is 9.67. The molecular formula is C16H28O4S. The maximum Gasteiger partial charge on any atom is 0.328 e. The topological polar surface area (TPSA) is 67.5 Å². The van der Waals surface area contributed by atoms with Gasteiger partial charge in [0.05, 0.1) is 0 Å². The van der Waals surface area contributed by atoms with Crippen molar-refractivity contribution in [3.05, 3.63) is 17.9 Å². The number of rotatable bonds is 6. The fourth-order valence-corrected chi connectivity index (χ4v) is 3.79. The molecule has 0 aliphatic rings. The van der Waals surface area contributed by atoms with Crippen molar-refractivity contribution < 1.29 is 17.4 Å². The largest absolute Gasteiger partial charge is 0.447 e. The monoisotopic (exact) mass is 316 g/mol. The first-order valence-corrected chi connectivity index (χ1v) is 8.85. The summed E-state index contributed by atoms with van der Waals surface area (Å²) in [7, 11) is -4.26. The van der Waals surface area contributed by atoms with Crippen molar-refractivity contribution in [3.8, 4) is 0 Å². The molecule has 1 N–H and O–H groups in total. The first-order chi connectivity index (χ1) is 9.35. The molecule has 0 aliphatic carbocycles. The summed E-state index contributed by atoms with van der Waals surface area (Å²) >= 11 is 0. The second-order valence-corrected chi connectivity index (χ2v) is 9.08. The second kappa shape index (κ2) is 6.13. The van der Waals surface area contributed by atoms with Crippen LogP contribution in [0.5, 0.6) is 0 Å². The van der Waals surface area contributed by atoms with Gasteiger partial charge in [0.1, 0.15) is 5.76 Å². The third kappa shape index (κ3) is 5.47. The van der Waals surface area contributed by atoms with E-state index in [4.69, 9.17) is 8.97 Å². The zero-order valence-corrected chi connectivity index (χ0v) is 14.8. The van der Waals surface area contributed by atoms with E-state index in [0.717, 1.165) is 12.8 Å². The molecule has 0 aliphatic heterocycles. The van der Waals surface area contributed by atoms with E-state index in [2.05, 4.69) is 41.5 Å². The molecule has 0 spiro atoms. The predicted molar refractivity (Wildman–Crippen MR) is 83.9 cm³/mol. The quantitative estimate of drug-likeness (QED) is 0.781. The molecule has 4 nitrogen and oxygen atoms in total. The van der Waals surface area contributed by atoms with Gasteiger partial charge in [-0.1, -0.05) is 48.0 Å². The molecule has 0 bridgehead atoms. The Morgan fingerprint density at radius 3 is 2.14 bits per heavy atom. The molecular weight excluding hydrogens is 288 g/mol. The van der Waals surface area contributed by atoms with Crippen LogP contribution in [0, 0.1) is 16.7 Å². The van der Waals surface area contributed by atoms with Gasteiger partial charge in [0.15, 0.2) is 0 Å².